The minimum atomic E-state index is -0.877. The number of carbonyl (C=O) groups is 1. The normalized spacial score (nSPS) is 17.6. The summed E-state index contributed by atoms with van der Waals surface area (Å²) in [4.78, 5) is 13.5. The summed E-state index contributed by atoms with van der Waals surface area (Å²) in [6.45, 7) is 2.14. The van der Waals surface area contributed by atoms with Gasteiger partial charge < -0.3 is 10.2 Å². The van der Waals surface area contributed by atoms with Gasteiger partial charge in [0.2, 0.25) is 5.91 Å². The van der Waals surface area contributed by atoms with Gasteiger partial charge in [-0.25, -0.2) is 8.78 Å². The van der Waals surface area contributed by atoms with Gasteiger partial charge in [0.05, 0.1) is 0 Å². The number of rotatable bonds is 4. The zero-order chi connectivity index (χ0) is 13.8. The lowest BCUT2D eigenvalue weighted by Gasteiger charge is -2.19. The van der Waals surface area contributed by atoms with Crippen LogP contribution in [0.2, 0.25) is 0 Å². The molecule has 1 saturated heterocycles. The number of hydrogen-bond donors (Lipinski definition) is 1. The maximum Gasteiger partial charge on any atom is 0.222 e. The van der Waals surface area contributed by atoms with Crippen molar-refractivity contribution in [3.8, 4) is 0 Å². The van der Waals surface area contributed by atoms with Gasteiger partial charge in [-0.3, -0.25) is 4.79 Å². The Morgan fingerprint density at radius 2 is 2.15 bits per heavy atom. The molecule has 0 aliphatic carbocycles. The molecule has 0 radical (unpaired) electrons. The van der Waals surface area contributed by atoms with Crippen molar-refractivity contribution in [1.29, 1.82) is 0 Å². The average Bonchev–Trinajstić information content (AvgIpc) is 2.86. The Labute approximate surface area is 123 Å². The van der Waals surface area contributed by atoms with Gasteiger partial charge in [0.15, 0.2) is 11.6 Å². The van der Waals surface area contributed by atoms with Gasteiger partial charge in [-0.05, 0) is 43.1 Å². The molecule has 112 valence electrons. The lowest BCUT2D eigenvalue weighted by molar-refractivity contribution is -0.131. The van der Waals surface area contributed by atoms with Crippen molar-refractivity contribution in [3.05, 3.63) is 35.4 Å². The van der Waals surface area contributed by atoms with Gasteiger partial charge in [-0.15, -0.1) is 12.4 Å². The summed E-state index contributed by atoms with van der Waals surface area (Å²) in [5, 5.41) is 3.22. The van der Waals surface area contributed by atoms with Gasteiger partial charge in [0.25, 0.3) is 0 Å². The number of benzene rings is 1. The largest absolute Gasteiger partial charge is 0.341 e. The molecule has 1 amide bonds. The van der Waals surface area contributed by atoms with Crippen LogP contribution in [0.5, 0.6) is 0 Å². The van der Waals surface area contributed by atoms with Crippen molar-refractivity contribution in [2.75, 3.05) is 20.1 Å². The van der Waals surface area contributed by atoms with Crippen LogP contribution in [0.3, 0.4) is 0 Å². The molecule has 0 aromatic heterocycles. The number of carbonyl (C=O) groups excluding carboxylic acids is 1. The smallest absolute Gasteiger partial charge is 0.222 e. The number of amides is 1. The molecule has 0 spiro atoms. The molecule has 1 aromatic carbocycles. The van der Waals surface area contributed by atoms with E-state index in [0.29, 0.717) is 24.4 Å². The highest BCUT2D eigenvalue weighted by Gasteiger charge is 2.20. The molecule has 1 atom stereocenters. The molecule has 1 aromatic rings. The molecule has 0 bridgehead atoms. The lowest BCUT2D eigenvalue weighted by Crippen LogP contribution is -2.28. The van der Waals surface area contributed by atoms with E-state index in [-0.39, 0.29) is 18.3 Å². The Kier molecular flexibility index (Phi) is 6.36. The molecule has 0 saturated carbocycles. The van der Waals surface area contributed by atoms with Crippen molar-refractivity contribution in [2.24, 2.45) is 5.92 Å². The average molecular weight is 305 g/mol. The minimum absolute atomic E-state index is 0. The first-order valence-corrected chi connectivity index (χ1v) is 6.45. The molecule has 1 heterocycles. The second-order valence-electron chi connectivity index (χ2n) is 5.06. The van der Waals surface area contributed by atoms with Gasteiger partial charge in [-0.2, -0.15) is 0 Å². The predicted octanol–water partition coefficient (Wildman–Crippen LogP) is 2.34. The van der Waals surface area contributed by atoms with Gasteiger partial charge in [0.1, 0.15) is 0 Å². The van der Waals surface area contributed by atoms with Gasteiger partial charge in [-0.1, -0.05) is 6.07 Å². The molecule has 6 heteroatoms. The number of nitrogens with one attached hydrogen (secondary N) is 1. The van der Waals surface area contributed by atoms with E-state index in [1.807, 2.05) is 0 Å². The fourth-order valence-electron chi connectivity index (χ4n) is 2.29. The summed E-state index contributed by atoms with van der Waals surface area (Å²) < 4.78 is 25.9. The summed E-state index contributed by atoms with van der Waals surface area (Å²) in [6.07, 6.45) is 1.53. The standard InChI is InChI=1S/C14H18F2N2O.ClH/c1-18(14(19)7-10-4-5-17-8-10)9-11-2-3-12(15)13(16)6-11;/h2-3,6,10,17H,4-5,7-9H2,1H3;1H. The molecule has 1 unspecified atom stereocenters. The third-order valence-electron chi connectivity index (χ3n) is 3.46. The summed E-state index contributed by atoms with van der Waals surface area (Å²) >= 11 is 0. The van der Waals surface area contributed by atoms with E-state index in [1.165, 1.54) is 6.07 Å². The first-order valence-electron chi connectivity index (χ1n) is 6.45. The van der Waals surface area contributed by atoms with Crippen LogP contribution in [0.15, 0.2) is 18.2 Å². The van der Waals surface area contributed by atoms with Gasteiger partial charge >= 0.3 is 0 Å². The van der Waals surface area contributed by atoms with Crippen LogP contribution in [0.4, 0.5) is 8.78 Å². The zero-order valence-electron chi connectivity index (χ0n) is 11.4. The SMILES string of the molecule is CN(Cc1ccc(F)c(F)c1)C(=O)CC1CCNC1.Cl. The summed E-state index contributed by atoms with van der Waals surface area (Å²) in [5.41, 5.74) is 0.597. The third-order valence-corrected chi connectivity index (χ3v) is 3.46. The van der Waals surface area contributed by atoms with Crippen LogP contribution >= 0.6 is 12.4 Å². The summed E-state index contributed by atoms with van der Waals surface area (Å²) in [7, 11) is 1.69. The zero-order valence-corrected chi connectivity index (χ0v) is 12.2. The molecular formula is C14H19ClF2N2O. The molecule has 1 N–H and O–H groups in total. The fraction of sp³-hybridized carbons (Fsp3) is 0.500. The van der Waals surface area contributed by atoms with Crippen LogP contribution in [0.25, 0.3) is 0 Å². The Hall–Kier alpha value is -1.20. The molecule has 1 aliphatic rings. The molecule has 20 heavy (non-hydrogen) atoms. The van der Waals surface area contributed by atoms with Crippen molar-refractivity contribution < 1.29 is 13.6 Å². The van der Waals surface area contributed by atoms with Crippen molar-refractivity contribution in [3.63, 3.8) is 0 Å². The van der Waals surface area contributed by atoms with Crippen molar-refractivity contribution in [2.45, 2.75) is 19.4 Å². The maximum absolute atomic E-state index is 13.1. The Bertz CT molecular complexity index is 464. The second kappa shape index (κ2) is 7.55. The van der Waals surface area contributed by atoms with Crippen LogP contribution < -0.4 is 5.32 Å². The highest BCUT2D eigenvalue weighted by atomic mass is 35.5. The van der Waals surface area contributed by atoms with E-state index in [2.05, 4.69) is 5.32 Å². The Balaban J connectivity index is 0.00000200. The summed E-state index contributed by atoms with van der Waals surface area (Å²) in [5.74, 6) is -1.31. The van der Waals surface area contributed by atoms with Gasteiger partial charge in [0, 0.05) is 20.0 Å². The van der Waals surface area contributed by atoms with E-state index in [4.69, 9.17) is 0 Å². The van der Waals surface area contributed by atoms with E-state index in [1.54, 1.807) is 11.9 Å². The fourth-order valence-corrected chi connectivity index (χ4v) is 2.29. The quantitative estimate of drug-likeness (QED) is 0.926. The number of nitrogens with zero attached hydrogens (tertiary/aromatic N) is 1. The van der Waals surface area contributed by atoms with Crippen LogP contribution in [-0.2, 0) is 11.3 Å². The first kappa shape index (κ1) is 16.9. The monoisotopic (exact) mass is 304 g/mol. The predicted molar refractivity (Wildman–Crippen MR) is 75.7 cm³/mol. The van der Waals surface area contributed by atoms with Crippen molar-refractivity contribution >= 4 is 18.3 Å². The van der Waals surface area contributed by atoms with E-state index < -0.39 is 11.6 Å². The highest BCUT2D eigenvalue weighted by Crippen LogP contribution is 2.15. The van der Waals surface area contributed by atoms with E-state index in [0.717, 1.165) is 31.6 Å². The minimum Gasteiger partial charge on any atom is -0.341 e. The number of halogens is 3. The van der Waals surface area contributed by atoms with Crippen LogP contribution in [0.1, 0.15) is 18.4 Å². The molecule has 3 nitrogen and oxygen atoms in total. The van der Waals surface area contributed by atoms with E-state index >= 15 is 0 Å². The number of hydrogen-bond acceptors (Lipinski definition) is 2. The van der Waals surface area contributed by atoms with Crippen LogP contribution in [-0.4, -0.2) is 30.9 Å². The molecule has 1 aliphatic heterocycles. The summed E-state index contributed by atoms with van der Waals surface area (Å²) in [6, 6.07) is 3.72. The van der Waals surface area contributed by atoms with E-state index in [9.17, 15) is 13.6 Å². The van der Waals surface area contributed by atoms with Crippen LogP contribution in [0, 0.1) is 17.6 Å². The Morgan fingerprint density at radius 3 is 2.75 bits per heavy atom. The van der Waals surface area contributed by atoms with Crippen molar-refractivity contribution in [1.82, 2.24) is 10.2 Å². The molecular weight excluding hydrogens is 286 g/mol. The lowest BCUT2D eigenvalue weighted by atomic mass is 10.0. The topological polar surface area (TPSA) is 32.3 Å². The first-order chi connectivity index (χ1) is 9.06. The Morgan fingerprint density at radius 1 is 1.40 bits per heavy atom. The maximum atomic E-state index is 13.1. The third kappa shape index (κ3) is 4.42. The second-order valence-corrected chi connectivity index (χ2v) is 5.06. The molecule has 1 fully saturated rings. The highest BCUT2D eigenvalue weighted by molar-refractivity contribution is 5.85. The molecule has 2 rings (SSSR count).